The molecular formula is C13H17BrO2. The summed E-state index contributed by atoms with van der Waals surface area (Å²) in [4.78, 5) is 0. The number of rotatable bonds is 1. The highest BCUT2D eigenvalue weighted by Gasteiger charge is 2.34. The molecule has 0 spiro atoms. The Balaban J connectivity index is 2.25. The SMILES string of the molecule is CC1CC(C)(C)OC(c2ccccc2Br)O1. The van der Waals surface area contributed by atoms with Crippen molar-refractivity contribution in [2.75, 3.05) is 0 Å². The second-order valence-electron chi connectivity index (χ2n) is 4.88. The van der Waals surface area contributed by atoms with E-state index in [9.17, 15) is 0 Å². The third-order valence-corrected chi connectivity index (χ3v) is 3.44. The van der Waals surface area contributed by atoms with Crippen LogP contribution in [-0.4, -0.2) is 11.7 Å². The minimum atomic E-state index is -0.269. The molecule has 2 unspecified atom stereocenters. The minimum Gasteiger partial charge on any atom is -0.345 e. The lowest BCUT2D eigenvalue weighted by molar-refractivity contribution is -0.273. The van der Waals surface area contributed by atoms with Gasteiger partial charge in [0.25, 0.3) is 0 Å². The first-order valence-electron chi connectivity index (χ1n) is 5.56. The first kappa shape index (κ1) is 12.1. The molecule has 0 bridgehead atoms. The van der Waals surface area contributed by atoms with E-state index >= 15 is 0 Å². The van der Waals surface area contributed by atoms with Gasteiger partial charge in [0.1, 0.15) is 0 Å². The van der Waals surface area contributed by atoms with Crippen molar-refractivity contribution in [3.05, 3.63) is 34.3 Å². The Morgan fingerprint density at radius 3 is 2.62 bits per heavy atom. The van der Waals surface area contributed by atoms with Gasteiger partial charge in [-0.1, -0.05) is 34.1 Å². The molecule has 1 aromatic carbocycles. The van der Waals surface area contributed by atoms with E-state index in [-0.39, 0.29) is 18.0 Å². The van der Waals surface area contributed by atoms with E-state index in [2.05, 4.69) is 36.7 Å². The van der Waals surface area contributed by atoms with Gasteiger partial charge in [-0.15, -0.1) is 0 Å². The van der Waals surface area contributed by atoms with Crippen molar-refractivity contribution in [2.24, 2.45) is 0 Å². The third-order valence-electron chi connectivity index (χ3n) is 2.72. The van der Waals surface area contributed by atoms with Crippen LogP contribution in [-0.2, 0) is 9.47 Å². The van der Waals surface area contributed by atoms with Crippen LogP contribution in [0.4, 0.5) is 0 Å². The van der Waals surface area contributed by atoms with Crippen LogP contribution < -0.4 is 0 Å². The quantitative estimate of drug-likeness (QED) is 0.775. The maximum absolute atomic E-state index is 5.96. The molecular weight excluding hydrogens is 268 g/mol. The summed E-state index contributed by atoms with van der Waals surface area (Å²) in [6, 6.07) is 8.03. The highest BCUT2D eigenvalue weighted by atomic mass is 79.9. The molecule has 1 heterocycles. The normalized spacial score (nSPS) is 29.0. The molecule has 2 nitrogen and oxygen atoms in total. The molecule has 16 heavy (non-hydrogen) atoms. The van der Waals surface area contributed by atoms with Crippen molar-refractivity contribution in [3.8, 4) is 0 Å². The molecule has 1 saturated heterocycles. The lowest BCUT2D eigenvalue weighted by Crippen LogP contribution is -2.39. The number of hydrogen-bond donors (Lipinski definition) is 0. The van der Waals surface area contributed by atoms with Crippen molar-refractivity contribution in [1.29, 1.82) is 0 Å². The summed E-state index contributed by atoms with van der Waals surface area (Å²) in [6.45, 7) is 6.31. The van der Waals surface area contributed by atoms with Gasteiger partial charge in [0.05, 0.1) is 11.7 Å². The van der Waals surface area contributed by atoms with Crippen molar-refractivity contribution in [1.82, 2.24) is 0 Å². The van der Waals surface area contributed by atoms with Gasteiger partial charge < -0.3 is 9.47 Å². The molecule has 0 aromatic heterocycles. The molecule has 1 fully saturated rings. The zero-order valence-electron chi connectivity index (χ0n) is 9.87. The van der Waals surface area contributed by atoms with Gasteiger partial charge in [-0.25, -0.2) is 0 Å². The summed E-state index contributed by atoms with van der Waals surface area (Å²) < 4.78 is 12.8. The van der Waals surface area contributed by atoms with Crippen LogP contribution in [0.5, 0.6) is 0 Å². The van der Waals surface area contributed by atoms with Gasteiger partial charge in [-0.3, -0.25) is 0 Å². The molecule has 1 aliphatic heterocycles. The van der Waals surface area contributed by atoms with E-state index in [4.69, 9.17) is 9.47 Å². The van der Waals surface area contributed by atoms with Crippen LogP contribution in [0.2, 0.25) is 0 Å². The minimum absolute atomic E-state index is 0.127. The average Bonchev–Trinajstić information content (AvgIpc) is 2.15. The largest absolute Gasteiger partial charge is 0.345 e. The van der Waals surface area contributed by atoms with E-state index in [1.807, 2.05) is 24.3 Å². The zero-order chi connectivity index (χ0) is 11.8. The van der Waals surface area contributed by atoms with Crippen molar-refractivity contribution >= 4 is 15.9 Å². The van der Waals surface area contributed by atoms with Crippen LogP contribution >= 0.6 is 15.9 Å². The van der Waals surface area contributed by atoms with Crippen LogP contribution in [0.3, 0.4) is 0 Å². The number of benzene rings is 1. The summed E-state index contributed by atoms with van der Waals surface area (Å²) in [5, 5.41) is 0. The Morgan fingerprint density at radius 2 is 2.00 bits per heavy atom. The summed E-state index contributed by atoms with van der Waals surface area (Å²) >= 11 is 3.53. The van der Waals surface area contributed by atoms with E-state index in [0.717, 1.165) is 16.5 Å². The second-order valence-corrected chi connectivity index (χ2v) is 5.74. The van der Waals surface area contributed by atoms with E-state index in [0.29, 0.717) is 0 Å². The highest BCUT2D eigenvalue weighted by Crippen LogP contribution is 2.37. The predicted molar refractivity (Wildman–Crippen MR) is 67.2 cm³/mol. The summed E-state index contributed by atoms with van der Waals surface area (Å²) in [7, 11) is 0. The average molecular weight is 285 g/mol. The molecule has 0 N–H and O–H groups in total. The second kappa shape index (κ2) is 4.47. The number of hydrogen-bond acceptors (Lipinski definition) is 2. The Labute approximate surface area is 105 Å². The fourth-order valence-electron chi connectivity index (χ4n) is 2.12. The smallest absolute Gasteiger partial charge is 0.185 e. The Bertz CT molecular complexity index is 376. The van der Waals surface area contributed by atoms with Crippen molar-refractivity contribution in [3.63, 3.8) is 0 Å². The van der Waals surface area contributed by atoms with Gasteiger partial charge in [0.2, 0.25) is 0 Å². The van der Waals surface area contributed by atoms with Crippen LogP contribution in [0.1, 0.15) is 39.0 Å². The summed E-state index contributed by atoms with van der Waals surface area (Å²) in [5.74, 6) is 0. The lowest BCUT2D eigenvalue weighted by Gasteiger charge is -2.39. The number of ether oxygens (including phenoxy) is 2. The lowest BCUT2D eigenvalue weighted by atomic mass is 9.99. The van der Waals surface area contributed by atoms with Crippen molar-refractivity contribution < 1.29 is 9.47 Å². The summed E-state index contributed by atoms with van der Waals surface area (Å²) in [6.07, 6.45) is 0.878. The van der Waals surface area contributed by atoms with Crippen LogP contribution in [0, 0.1) is 0 Å². The molecule has 88 valence electrons. The third kappa shape index (κ3) is 2.65. The topological polar surface area (TPSA) is 18.5 Å². The molecule has 0 amide bonds. The fourth-order valence-corrected chi connectivity index (χ4v) is 2.59. The molecule has 1 aromatic rings. The Hall–Kier alpha value is -0.380. The molecule has 1 aliphatic rings. The Kier molecular flexibility index (Phi) is 3.38. The monoisotopic (exact) mass is 284 g/mol. The first-order valence-corrected chi connectivity index (χ1v) is 6.35. The maximum atomic E-state index is 5.96. The standard InChI is InChI=1S/C13H17BrO2/c1-9-8-13(2,3)16-12(15-9)10-6-4-5-7-11(10)14/h4-7,9,12H,8H2,1-3H3. The first-order chi connectivity index (χ1) is 7.48. The Morgan fingerprint density at radius 1 is 1.31 bits per heavy atom. The molecule has 2 rings (SSSR count). The molecule has 0 radical (unpaired) electrons. The molecule has 0 aliphatic carbocycles. The van der Waals surface area contributed by atoms with E-state index in [1.165, 1.54) is 0 Å². The van der Waals surface area contributed by atoms with Crippen LogP contribution in [0.25, 0.3) is 0 Å². The van der Waals surface area contributed by atoms with Gasteiger partial charge >= 0.3 is 0 Å². The highest BCUT2D eigenvalue weighted by molar-refractivity contribution is 9.10. The van der Waals surface area contributed by atoms with Crippen molar-refractivity contribution in [2.45, 2.75) is 45.2 Å². The van der Waals surface area contributed by atoms with E-state index in [1.54, 1.807) is 0 Å². The zero-order valence-corrected chi connectivity index (χ0v) is 11.5. The summed E-state index contributed by atoms with van der Waals surface area (Å²) in [5.41, 5.74) is 0.930. The van der Waals surface area contributed by atoms with Gasteiger partial charge in [0.15, 0.2) is 6.29 Å². The molecule has 0 saturated carbocycles. The van der Waals surface area contributed by atoms with Gasteiger partial charge in [-0.2, -0.15) is 0 Å². The fraction of sp³-hybridized carbons (Fsp3) is 0.538. The van der Waals surface area contributed by atoms with Crippen LogP contribution in [0.15, 0.2) is 28.7 Å². The number of halogens is 1. The maximum Gasteiger partial charge on any atom is 0.185 e. The van der Waals surface area contributed by atoms with Gasteiger partial charge in [-0.05, 0) is 26.8 Å². The predicted octanol–water partition coefficient (Wildman–Crippen LogP) is 4.05. The van der Waals surface area contributed by atoms with E-state index < -0.39 is 0 Å². The molecule has 2 atom stereocenters. The molecule has 3 heteroatoms. The van der Waals surface area contributed by atoms with Gasteiger partial charge in [0, 0.05) is 16.5 Å².